The molecule has 0 aliphatic rings. The van der Waals surface area contributed by atoms with Crippen LogP contribution in [0.5, 0.6) is 0 Å². The van der Waals surface area contributed by atoms with E-state index in [-0.39, 0.29) is 17.0 Å². The highest BCUT2D eigenvalue weighted by Crippen LogP contribution is 2.27. The summed E-state index contributed by atoms with van der Waals surface area (Å²) in [6.07, 6.45) is 0. The maximum absolute atomic E-state index is 13.6. The molecule has 0 aliphatic carbocycles. The lowest BCUT2D eigenvalue weighted by Gasteiger charge is -2.13. The predicted molar refractivity (Wildman–Crippen MR) is 74.9 cm³/mol. The van der Waals surface area contributed by atoms with Crippen molar-refractivity contribution in [3.63, 3.8) is 0 Å². The van der Waals surface area contributed by atoms with Crippen molar-refractivity contribution < 1.29 is 12.8 Å². The third-order valence-electron chi connectivity index (χ3n) is 2.61. The van der Waals surface area contributed by atoms with Gasteiger partial charge in [-0.15, -0.1) is 10.2 Å². The van der Waals surface area contributed by atoms with Gasteiger partial charge in [0.1, 0.15) is 5.82 Å². The molecule has 20 heavy (non-hydrogen) atoms. The molecule has 2 rings (SSSR count). The van der Waals surface area contributed by atoms with Crippen LogP contribution < -0.4 is 5.14 Å². The zero-order valence-corrected chi connectivity index (χ0v) is 13.1. The summed E-state index contributed by atoms with van der Waals surface area (Å²) in [7, 11) is -4.00. The van der Waals surface area contributed by atoms with Crippen molar-refractivity contribution in [2.45, 2.75) is 25.0 Å². The Kier molecular flexibility index (Phi) is 3.94. The highest BCUT2D eigenvalue weighted by Gasteiger charge is 2.24. The van der Waals surface area contributed by atoms with Gasteiger partial charge in [0.05, 0.1) is 4.47 Å². The molecule has 0 fully saturated rings. The van der Waals surface area contributed by atoms with Crippen LogP contribution in [0.25, 0.3) is 11.4 Å². The Hall–Kier alpha value is -1.32. The lowest BCUT2D eigenvalue weighted by Crippen LogP contribution is -2.20. The molecule has 0 unspecified atom stereocenters. The van der Waals surface area contributed by atoms with Crippen molar-refractivity contribution in [2.75, 3.05) is 0 Å². The molecule has 0 saturated heterocycles. The van der Waals surface area contributed by atoms with Gasteiger partial charge < -0.3 is 0 Å². The summed E-state index contributed by atoms with van der Waals surface area (Å²) in [5, 5.41) is 12.2. The fourth-order valence-electron chi connectivity index (χ4n) is 1.77. The molecule has 9 heteroatoms. The minimum absolute atomic E-state index is 0.246. The van der Waals surface area contributed by atoms with Crippen molar-refractivity contribution in [1.82, 2.24) is 14.8 Å². The Labute approximate surface area is 124 Å². The molecular formula is C11H12BrFN4O2S. The van der Waals surface area contributed by atoms with Gasteiger partial charge in [0, 0.05) is 11.6 Å². The van der Waals surface area contributed by atoms with Gasteiger partial charge in [0.15, 0.2) is 5.82 Å². The minimum atomic E-state index is -4.00. The molecule has 1 heterocycles. The Bertz CT molecular complexity index is 758. The van der Waals surface area contributed by atoms with Crippen LogP contribution in [-0.4, -0.2) is 23.2 Å². The molecule has 2 N–H and O–H groups in total. The van der Waals surface area contributed by atoms with Crippen LogP contribution in [0.15, 0.2) is 27.8 Å². The van der Waals surface area contributed by atoms with Crippen LogP contribution in [0.2, 0.25) is 0 Å². The van der Waals surface area contributed by atoms with Crippen LogP contribution >= 0.6 is 15.9 Å². The van der Waals surface area contributed by atoms with Gasteiger partial charge >= 0.3 is 0 Å². The van der Waals surface area contributed by atoms with Crippen molar-refractivity contribution >= 4 is 26.0 Å². The summed E-state index contributed by atoms with van der Waals surface area (Å²) in [5.41, 5.74) is 0.418. The zero-order chi connectivity index (χ0) is 15.1. The maximum atomic E-state index is 13.6. The van der Waals surface area contributed by atoms with Crippen molar-refractivity contribution in [1.29, 1.82) is 0 Å². The molecule has 0 bridgehead atoms. The van der Waals surface area contributed by atoms with Gasteiger partial charge in [-0.2, -0.15) is 0 Å². The summed E-state index contributed by atoms with van der Waals surface area (Å²) >= 11 is 3.05. The molecule has 0 radical (unpaired) electrons. The molecule has 1 aromatic heterocycles. The molecule has 0 atom stereocenters. The second-order valence-corrected chi connectivity index (χ2v) is 6.75. The molecular weight excluding hydrogens is 351 g/mol. The van der Waals surface area contributed by atoms with E-state index in [1.165, 1.54) is 16.7 Å². The van der Waals surface area contributed by atoms with E-state index in [1.54, 1.807) is 19.9 Å². The quantitative estimate of drug-likeness (QED) is 0.904. The normalized spacial score (nSPS) is 12.1. The molecule has 0 aliphatic heterocycles. The van der Waals surface area contributed by atoms with E-state index in [0.717, 1.165) is 0 Å². The van der Waals surface area contributed by atoms with E-state index in [4.69, 9.17) is 5.14 Å². The van der Waals surface area contributed by atoms with E-state index >= 15 is 0 Å². The first kappa shape index (κ1) is 15.1. The van der Waals surface area contributed by atoms with E-state index in [0.29, 0.717) is 10.0 Å². The van der Waals surface area contributed by atoms with Crippen molar-refractivity contribution in [2.24, 2.45) is 5.14 Å². The topological polar surface area (TPSA) is 90.9 Å². The van der Waals surface area contributed by atoms with Gasteiger partial charge in [-0.3, -0.25) is 4.57 Å². The highest BCUT2D eigenvalue weighted by atomic mass is 79.9. The molecule has 1 aromatic carbocycles. The molecule has 108 valence electrons. The van der Waals surface area contributed by atoms with Crippen molar-refractivity contribution in [3.05, 3.63) is 28.5 Å². The van der Waals surface area contributed by atoms with Crippen LogP contribution in [0.3, 0.4) is 0 Å². The number of nitrogens with two attached hydrogens (primary N) is 1. The van der Waals surface area contributed by atoms with E-state index in [1.807, 2.05) is 0 Å². The van der Waals surface area contributed by atoms with Crippen LogP contribution in [0, 0.1) is 5.82 Å². The van der Waals surface area contributed by atoms with Gasteiger partial charge in [0.2, 0.25) is 0 Å². The molecule has 6 nitrogen and oxygen atoms in total. The Morgan fingerprint density at radius 2 is 2.00 bits per heavy atom. The van der Waals surface area contributed by atoms with E-state index < -0.39 is 15.8 Å². The zero-order valence-electron chi connectivity index (χ0n) is 10.7. The standard InChI is InChI=1S/C11H12BrFN4O2S/c1-6(2)17-10(15-16-11(17)20(14,18)19)7-3-4-8(12)9(13)5-7/h3-6H,1-2H3,(H2,14,18,19). The Morgan fingerprint density at radius 1 is 1.35 bits per heavy atom. The number of sulfonamides is 1. The fourth-order valence-corrected chi connectivity index (χ4v) is 2.74. The Morgan fingerprint density at radius 3 is 2.50 bits per heavy atom. The van der Waals surface area contributed by atoms with Gasteiger partial charge in [-0.25, -0.2) is 17.9 Å². The molecule has 0 saturated carbocycles. The first-order chi connectivity index (χ1) is 9.21. The first-order valence-electron chi connectivity index (χ1n) is 5.65. The van der Waals surface area contributed by atoms with Crippen LogP contribution in [-0.2, 0) is 10.0 Å². The maximum Gasteiger partial charge on any atom is 0.273 e. The number of hydrogen-bond acceptors (Lipinski definition) is 4. The van der Waals surface area contributed by atoms with Gasteiger partial charge in [0.25, 0.3) is 15.2 Å². The number of benzene rings is 1. The highest BCUT2D eigenvalue weighted by molar-refractivity contribution is 9.10. The SMILES string of the molecule is CC(C)n1c(-c2ccc(Br)c(F)c2)nnc1S(N)(=O)=O. The van der Waals surface area contributed by atoms with E-state index in [2.05, 4.69) is 26.1 Å². The lowest BCUT2D eigenvalue weighted by atomic mass is 10.2. The fraction of sp³-hybridized carbons (Fsp3) is 0.273. The number of rotatable bonds is 3. The summed E-state index contributed by atoms with van der Waals surface area (Å²) in [6.45, 7) is 3.52. The summed E-state index contributed by atoms with van der Waals surface area (Å²) in [6, 6.07) is 4.13. The summed E-state index contributed by atoms with van der Waals surface area (Å²) < 4.78 is 38.3. The third kappa shape index (κ3) is 2.74. The number of nitrogens with zero attached hydrogens (tertiary/aromatic N) is 3. The average Bonchev–Trinajstić information content (AvgIpc) is 2.77. The second kappa shape index (κ2) is 5.23. The molecule has 0 spiro atoms. The lowest BCUT2D eigenvalue weighted by molar-refractivity contribution is 0.524. The van der Waals surface area contributed by atoms with Crippen LogP contribution in [0.1, 0.15) is 19.9 Å². The average molecular weight is 363 g/mol. The van der Waals surface area contributed by atoms with E-state index in [9.17, 15) is 12.8 Å². The first-order valence-corrected chi connectivity index (χ1v) is 7.99. The largest absolute Gasteiger partial charge is 0.294 e. The van der Waals surface area contributed by atoms with Gasteiger partial charge in [-0.1, -0.05) is 0 Å². The van der Waals surface area contributed by atoms with Crippen LogP contribution in [0.4, 0.5) is 4.39 Å². The second-order valence-electron chi connectivity index (χ2n) is 4.44. The number of halogens is 2. The number of aromatic nitrogens is 3. The smallest absolute Gasteiger partial charge is 0.273 e. The number of primary sulfonamides is 1. The Balaban J connectivity index is 2.69. The predicted octanol–water partition coefficient (Wildman–Crippen LogP) is 2.07. The summed E-state index contributed by atoms with van der Waals surface area (Å²) in [4.78, 5) is 0. The summed E-state index contributed by atoms with van der Waals surface area (Å²) in [5.74, 6) is -0.228. The third-order valence-corrected chi connectivity index (χ3v) is 4.04. The molecule has 0 amide bonds. The van der Waals surface area contributed by atoms with Crippen molar-refractivity contribution in [3.8, 4) is 11.4 Å². The minimum Gasteiger partial charge on any atom is -0.294 e. The molecule has 2 aromatic rings. The monoisotopic (exact) mass is 362 g/mol. The number of hydrogen-bond donors (Lipinski definition) is 1. The van der Waals surface area contributed by atoms with Gasteiger partial charge in [-0.05, 0) is 48.0 Å².